The summed E-state index contributed by atoms with van der Waals surface area (Å²) in [6.45, 7) is 6.39. The van der Waals surface area contributed by atoms with Crippen LogP contribution >= 0.6 is 34.2 Å². The maximum atomic E-state index is 6.02. The third-order valence-corrected chi connectivity index (χ3v) is 3.58. The van der Waals surface area contributed by atoms with Gasteiger partial charge in [0, 0.05) is 6.42 Å². The summed E-state index contributed by atoms with van der Waals surface area (Å²) < 4.78 is 0.985. The molecule has 0 aliphatic carbocycles. The Kier molecular flexibility index (Phi) is 4.57. The lowest BCUT2D eigenvalue weighted by atomic mass is 10.1. The average Bonchev–Trinajstić information content (AvgIpc) is 2.10. The molecule has 4 heteroatoms. The van der Waals surface area contributed by atoms with Crippen molar-refractivity contribution in [3.05, 3.63) is 20.2 Å². The Morgan fingerprint density at radius 3 is 2.50 bits per heavy atom. The monoisotopic (exact) mass is 324 g/mol. The van der Waals surface area contributed by atoms with E-state index in [0.717, 1.165) is 27.9 Å². The third-order valence-electron chi connectivity index (χ3n) is 1.85. The quantitative estimate of drug-likeness (QED) is 0.628. The zero-order valence-electron chi connectivity index (χ0n) is 8.64. The van der Waals surface area contributed by atoms with Gasteiger partial charge in [-0.05, 0) is 34.9 Å². The first-order chi connectivity index (χ1) is 6.54. The zero-order chi connectivity index (χ0) is 10.7. The molecule has 2 nitrogen and oxygen atoms in total. The second-order valence-electron chi connectivity index (χ2n) is 3.64. The number of aromatic nitrogens is 2. The van der Waals surface area contributed by atoms with Gasteiger partial charge in [-0.25, -0.2) is 9.97 Å². The van der Waals surface area contributed by atoms with Crippen LogP contribution in [-0.2, 0) is 12.8 Å². The highest BCUT2D eigenvalue weighted by Crippen LogP contribution is 2.20. The Balaban J connectivity index is 3.03. The molecule has 14 heavy (non-hydrogen) atoms. The molecule has 0 spiro atoms. The molecule has 1 heterocycles. The smallest absolute Gasteiger partial charge is 0.146 e. The van der Waals surface area contributed by atoms with Crippen molar-refractivity contribution in [3.63, 3.8) is 0 Å². The molecule has 0 aliphatic rings. The van der Waals surface area contributed by atoms with Crippen LogP contribution in [0, 0.1) is 9.49 Å². The summed E-state index contributed by atoms with van der Waals surface area (Å²) in [4.78, 5) is 8.76. The molecule has 0 aromatic carbocycles. The summed E-state index contributed by atoms with van der Waals surface area (Å²) in [6.07, 6.45) is 1.80. The van der Waals surface area contributed by atoms with Crippen LogP contribution in [0.15, 0.2) is 0 Å². The van der Waals surface area contributed by atoms with Crippen molar-refractivity contribution < 1.29 is 0 Å². The largest absolute Gasteiger partial charge is 0.237 e. The molecule has 0 unspecified atom stereocenters. The minimum atomic E-state index is 0.566. The van der Waals surface area contributed by atoms with Crippen LogP contribution < -0.4 is 0 Å². The zero-order valence-corrected chi connectivity index (χ0v) is 11.6. The van der Waals surface area contributed by atoms with Gasteiger partial charge < -0.3 is 0 Å². The lowest BCUT2D eigenvalue weighted by Crippen LogP contribution is -2.05. The summed E-state index contributed by atoms with van der Waals surface area (Å²) in [7, 11) is 0. The topological polar surface area (TPSA) is 25.8 Å². The molecule has 78 valence electrons. The average molecular weight is 325 g/mol. The van der Waals surface area contributed by atoms with Gasteiger partial charge in [0.25, 0.3) is 0 Å². The number of hydrogen-bond acceptors (Lipinski definition) is 2. The minimum Gasteiger partial charge on any atom is -0.237 e. The molecule has 0 amide bonds. The Hall–Kier alpha value is 0.100. The number of rotatable bonds is 3. The fraction of sp³-hybridized carbons (Fsp3) is 0.600. The lowest BCUT2D eigenvalue weighted by Gasteiger charge is -2.07. The van der Waals surface area contributed by atoms with E-state index in [4.69, 9.17) is 11.6 Å². The van der Waals surface area contributed by atoms with Crippen LogP contribution in [0.4, 0.5) is 0 Å². The van der Waals surface area contributed by atoms with Crippen molar-refractivity contribution in [3.8, 4) is 0 Å². The molecule has 0 bridgehead atoms. The molecule has 0 saturated heterocycles. The summed E-state index contributed by atoms with van der Waals surface area (Å²) in [5.41, 5.74) is 1.06. The van der Waals surface area contributed by atoms with E-state index in [2.05, 4.69) is 53.3 Å². The highest BCUT2D eigenvalue weighted by molar-refractivity contribution is 14.1. The predicted octanol–water partition coefficient (Wildman–Crippen LogP) is 3.50. The predicted molar refractivity (Wildman–Crippen MR) is 67.7 cm³/mol. The van der Waals surface area contributed by atoms with Crippen molar-refractivity contribution >= 4 is 34.2 Å². The van der Waals surface area contributed by atoms with Crippen molar-refractivity contribution in [2.45, 2.75) is 33.6 Å². The van der Waals surface area contributed by atoms with Gasteiger partial charge >= 0.3 is 0 Å². The molecule has 0 radical (unpaired) electrons. The number of nitrogens with zero attached hydrogens (tertiary/aromatic N) is 2. The number of halogens is 2. The third kappa shape index (κ3) is 3.05. The summed E-state index contributed by atoms with van der Waals surface area (Å²) in [5, 5.41) is 0.591. The van der Waals surface area contributed by atoms with E-state index in [1.165, 1.54) is 0 Å². The lowest BCUT2D eigenvalue weighted by molar-refractivity contribution is 0.617. The van der Waals surface area contributed by atoms with Crippen LogP contribution in [0.3, 0.4) is 0 Å². The first kappa shape index (κ1) is 12.2. The van der Waals surface area contributed by atoms with Gasteiger partial charge in [-0.2, -0.15) is 0 Å². The Morgan fingerprint density at radius 1 is 1.36 bits per heavy atom. The second-order valence-corrected chi connectivity index (χ2v) is 5.08. The molecule has 0 atom stereocenters. The Bertz CT molecular complexity index is 326. The highest BCUT2D eigenvalue weighted by atomic mass is 127. The number of aryl methyl sites for hydroxylation is 1. The van der Waals surface area contributed by atoms with Gasteiger partial charge in [-0.3, -0.25) is 0 Å². The SMILES string of the molecule is CCc1nc(CC(C)C)nc(Cl)c1I. The first-order valence-corrected chi connectivity index (χ1v) is 6.21. The van der Waals surface area contributed by atoms with Crippen LogP contribution in [0.2, 0.25) is 5.15 Å². The van der Waals surface area contributed by atoms with E-state index >= 15 is 0 Å². The van der Waals surface area contributed by atoms with Crippen LogP contribution in [0.5, 0.6) is 0 Å². The van der Waals surface area contributed by atoms with E-state index in [1.807, 2.05) is 0 Å². The Labute approximate surface area is 104 Å². The molecule has 0 N–H and O–H groups in total. The van der Waals surface area contributed by atoms with Crippen LogP contribution in [0.1, 0.15) is 32.3 Å². The second kappa shape index (κ2) is 5.26. The Morgan fingerprint density at radius 2 is 2.00 bits per heavy atom. The van der Waals surface area contributed by atoms with Gasteiger partial charge in [-0.15, -0.1) is 0 Å². The van der Waals surface area contributed by atoms with Gasteiger partial charge in [0.05, 0.1) is 9.26 Å². The molecule has 1 aromatic heterocycles. The van der Waals surface area contributed by atoms with E-state index in [1.54, 1.807) is 0 Å². The fourth-order valence-electron chi connectivity index (χ4n) is 1.20. The number of hydrogen-bond donors (Lipinski definition) is 0. The van der Waals surface area contributed by atoms with Gasteiger partial charge in [-0.1, -0.05) is 32.4 Å². The van der Waals surface area contributed by atoms with E-state index in [-0.39, 0.29) is 0 Å². The van der Waals surface area contributed by atoms with Gasteiger partial charge in [0.1, 0.15) is 11.0 Å². The summed E-state index contributed by atoms with van der Waals surface area (Å²) >= 11 is 8.22. The van der Waals surface area contributed by atoms with Crippen LogP contribution in [-0.4, -0.2) is 9.97 Å². The van der Waals surface area contributed by atoms with Gasteiger partial charge in [0.15, 0.2) is 0 Å². The maximum Gasteiger partial charge on any atom is 0.146 e. The first-order valence-electron chi connectivity index (χ1n) is 4.75. The van der Waals surface area contributed by atoms with Crippen molar-refractivity contribution in [2.75, 3.05) is 0 Å². The van der Waals surface area contributed by atoms with E-state index in [9.17, 15) is 0 Å². The fourth-order valence-corrected chi connectivity index (χ4v) is 2.03. The molecule has 1 rings (SSSR count). The highest BCUT2D eigenvalue weighted by Gasteiger charge is 2.09. The molecule has 0 fully saturated rings. The van der Waals surface area contributed by atoms with Gasteiger partial charge in [0.2, 0.25) is 0 Å². The maximum absolute atomic E-state index is 6.02. The standard InChI is InChI=1S/C10H14ClIN2/c1-4-7-9(12)10(11)14-8(13-7)5-6(2)3/h6H,4-5H2,1-3H3. The van der Waals surface area contributed by atoms with Crippen molar-refractivity contribution in [1.82, 2.24) is 9.97 Å². The molecule has 0 aliphatic heterocycles. The van der Waals surface area contributed by atoms with E-state index in [0.29, 0.717) is 11.1 Å². The minimum absolute atomic E-state index is 0.566. The van der Waals surface area contributed by atoms with Crippen LogP contribution in [0.25, 0.3) is 0 Å². The van der Waals surface area contributed by atoms with E-state index < -0.39 is 0 Å². The molecular formula is C10H14ClIN2. The summed E-state index contributed by atoms with van der Waals surface area (Å²) in [6, 6.07) is 0. The van der Waals surface area contributed by atoms with Crippen molar-refractivity contribution in [2.24, 2.45) is 5.92 Å². The van der Waals surface area contributed by atoms with Crippen molar-refractivity contribution in [1.29, 1.82) is 0 Å². The molecule has 0 saturated carbocycles. The molecule has 1 aromatic rings. The molecular weight excluding hydrogens is 310 g/mol. The normalized spacial score (nSPS) is 11.0. The summed E-state index contributed by atoms with van der Waals surface area (Å²) in [5.74, 6) is 1.43.